The third-order valence-electron chi connectivity index (χ3n) is 5.81. The normalized spacial score (nSPS) is 18.7. The van der Waals surface area contributed by atoms with Gasteiger partial charge >= 0.3 is 0 Å². The molecule has 1 atom stereocenters. The van der Waals surface area contributed by atoms with Gasteiger partial charge < -0.3 is 19.5 Å². The Morgan fingerprint density at radius 2 is 1.77 bits per heavy atom. The molecule has 31 heavy (non-hydrogen) atoms. The van der Waals surface area contributed by atoms with E-state index in [-0.39, 0.29) is 11.7 Å². The predicted molar refractivity (Wildman–Crippen MR) is 117 cm³/mol. The lowest BCUT2D eigenvalue weighted by Gasteiger charge is -2.35. The zero-order valence-electron chi connectivity index (χ0n) is 17.5. The zero-order chi connectivity index (χ0) is 21.2. The van der Waals surface area contributed by atoms with Gasteiger partial charge in [-0.2, -0.15) is 4.98 Å². The minimum absolute atomic E-state index is 0.0132. The van der Waals surface area contributed by atoms with Gasteiger partial charge in [0.05, 0.1) is 17.5 Å². The molecule has 0 spiro atoms. The Labute approximate surface area is 180 Å². The molecule has 3 aromatic rings. The van der Waals surface area contributed by atoms with Crippen molar-refractivity contribution in [1.82, 2.24) is 19.9 Å². The van der Waals surface area contributed by atoms with Crippen LogP contribution in [-0.4, -0.2) is 58.4 Å². The average molecular weight is 419 g/mol. The Hall–Kier alpha value is -3.49. The molecule has 9 nitrogen and oxygen atoms in total. The monoisotopic (exact) mass is 419 g/mol. The number of nitrogens with one attached hydrogen (secondary N) is 1. The van der Waals surface area contributed by atoms with E-state index in [1.165, 1.54) is 0 Å². The summed E-state index contributed by atoms with van der Waals surface area (Å²) < 4.78 is 5.58. The number of fused-ring (bicyclic) bond motifs is 1. The van der Waals surface area contributed by atoms with Crippen molar-refractivity contribution in [2.45, 2.75) is 25.7 Å². The molecule has 5 rings (SSSR count). The van der Waals surface area contributed by atoms with E-state index in [4.69, 9.17) is 14.4 Å². The maximum atomic E-state index is 13.0. The van der Waals surface area contributed by atoms with Crippen LogP contribution in [0, 0.1) is 0 Å². The molecule has 0 radical (unpaired) electrons. The Balaban J connectivity index is 1.41. The number of furan rings is 1. The molecule has 1 N–H and O–H groups in total. The van der Waals surface area contributed by atoms with E-state index >= 15 is 0 Å². The smallest absolute Gasteiger partial charge is 0.227 e. The highest BCUT2D eigenvalue weighted by molar-refractivity contribution is 6.03. The number of carbonyl (C=O) groups is 1. The Morgan fingerprint density at radius 3 is 2.45 bits per heavy atom. The van der Waals surface area contributed by atoms with Gasteiger partial charge in [0.2, 0.25) is 11.9 Å². The Bertz CT molecular complexity index is 1050. The molecule has 4 heterocycles. The molecule has 1 aliphatic heterocycles. The van der Waals surface area contributed by atoms with Crippen molar-refractivity contribution in [3.8, 4) is 0 Å². The summed E-state index contributed by atoms with van der Waals surface area (Å²) in [6.45, 7) is 5.79. The van der Waals surface area contributed by atoms with Gasteiger partial charge in [0.15, 0.2) is 5.78 Å². The second-order valence-electron chi connectivity index (χ2n) is 7.79. The van der Waals surface area contributed by atoms with Gasteiger partial charge in [-0.15, -0.1) is 0 Å². The first kappa shape index (κ1) is 19.5. The topological polar surface area (TPSA) is 100 Å². The molecular weight excluding hydrogens is 394 g/mol. The second-order valence-corrected chi connectivity index (χ2v) is 7.79. The summed E-state index contributed by atoms with van der Waals surface area (Å²) in [5.74, 6) is 2.96. The first-order chi connectivity index (χ1) is 15.2. The quantitative estimate of drug-likeness (QED) is 0.668. The molecule has 1 aliphatic carbocycles. The van der Waals surface area contributed by atoms with Crippen molar-refractivity contribution in [2.24, 2.45) is 0 Å². The van der Waals surface area contributed by atoms with Crippen LogP contribution in [0.15, 0.2) is 41.3 Å². The minimum Gasteiger partial charge on any atom is -0.469 e. The Morgan fingerprint density at radius 1 is 1.03 bits per heavy atom. The van der Waals surface area contributed by atoms with Gasteiger partial charge in [-0.1, -0.05) is 0 Å². The van der Waals surface area contributed by atoms with E-state index in [1.54, 1.807) is 18.7 Å². The largest absolute Gasteiger partial charge is 0.469 e. The first-order valence-corrected chi connectivity index (χ1v) is 10.7. The van der Waals surface area contributed by atoms with Crippen LogP contribution in [0.3, 0.4) is 0 Å². The number of nitrogens with zero attached hydrogens (tertiary/aromatic N) is 6. The fourth-order valence-corrected chi connectivity index (χ4v) is 4.29. The SMILES string of the molecule is CCNc1nc(N2CCN(c3ncccn3)CC2)nc2c1C(=O)CC(c1ccco1)C2. The molecule has 0 bridgehead atoms. The highest BCUT2D eigenvalue weighted by Gasteiger charge is 2.33. The molecule has 1 saturated heterocycles. The lowest BCUT2D eigenvalue weighted by atomic mass is 9.84. The highest BCUT2D eigenvalue weighted by atomic mass is 16.3. The summed E-state index contributed by atoms with van der Waals surface area (Å²) in [5.41, 5.74) is 1.43. The molecule has 1 fully saturated rings. The third-order valence-corrected chi connectivity index (χ3v) is 5.81. The van der Waals surface area contributed by atoms with Crippen molar-refractivity contribution in [2.75, 3.05) is 47.8 Å². The summed E-state index contributed by atoms with van der Waals surface area (Å²) >= 11 is 0. The van der Waals surface area contributed by atoms with Gasteiger partial charge in [0.1, 0.15) is 11.6 Å². The lowest BCUT2D eigenvalue weighted by molar-refractivity contribution is 0.0959. The summed E-state index contributed by atoms with van der Waals surface area (Å²) in [7, 11) is 0. The number of piperazine rings is 1. The molecule has 0 saturated carbocycles. The molecular formula is C22H25N7O2. The van der Waals surface area contributed by atoms with Gasteiger partial charge in [-0.3, -0.25) is 4.79 Å². The van der Waals surface area contributed by atoms with Crippen LogP contribution < -0.4 is 15.1 Å². The Kier molecular flexibility index (Phi) is 5.23. The fourth-order valence-electron chi connectivity index (χ4n) is 4.29. The van der Waals surface area contributed by atoms with E-state index in [0.717, 1.165) is 43.6 Å². The van der Waals surface area contributed by atoms with Gasteiger partial charge in [-0.25, -0.2) is 15.0 Å². The first-order valence-electron chi connectivity index (χ1n) is 10.7. The number of rotatable bonds is 5. The number of hydrogen-bond acceptors (Lipinski definition) is 9. The van der Waals surface area contributed by atoms with Crippen LogP contribution in [-0.2, 0) is 6.42 Å². The highest BCUT2D eigenvalue weighted by Crippen LogP contribution is 2.35. The van der Waals surface area contributed by atoms with E-state index in [1.807, 2.05) is 25.1 Å². The molecule has 160 valence electrons. The molecule has 2 aliphatic rings. The number of ketones is 1. The lowest BCUT2D eigenvalue weighted by Crippen LogP contribution is -2.48. The van der Waals surface area contributed by atoms with Crippen molar-refractivity contribution in [3.63, 3.8) is 0 Å². The number of aromatic nitrogens is 4. The summed E-state index contributed by atoms with van der Waals surface area (Å²) in [6, 6.07) is 5.61. The van der Waals surface area contributed by atoms with Crippen molar-refractivity contribution >= 4 is 23.5 Å². The molecule has 9 heteroatoms. The second kappa shape index (κ2) is 8.33. The van der Waals surface area contributed by atoms with E-state index in [9.17, 15) is 4.79 Å². The number of hydrogen-bond donors (Lipinski definition) is 1. The van der Waals surface area contributed by atoms with Gasteiger partial charge in [0.25, 0.3) is 0 Å². The number of Topliss-reactive ketones (excluding diaryl/α,β-unsaturated/α-hetero) is 1. The summed E-state index contributed by atoms with van der Waals surface area (Å²) in [5, 5.41) is 3.28. The van der Waals surface area contributed by atoms with Crippen molar-refractivity contribution in [1.29, 1.82) is 0 Å². The van der Waals surface area contributed by atoms with Crippen LogP contribution in [0.5, 0.6) is 0 Å². The van der Waals surface area contributed by atoms with Crippen LogP contribution >= 0.6 is 0 Å². The molecule has 1 unspecified atom stereocenters. The van der Waals surface area contributed by atoms with E-state index in [0.29, 0.717) is 36.7 Å². The van der Waals surface area contributed by atoms with Crippen LogP contribution in [0.25, 0.3) is 0 Å². The maximum absolute atomic E-state index is 13.0. The van der Waals surface area contributed by atoms with Crippen LogP contribution in [0.1, 0.15) is 41.1 Å². The van der Waals surface area contributed by atoms with Crippen LogP contribution in [0.4, 0.5) is 17.7 Å². The number of carbonyl (C=O) groups excluding carboxylic acids is 1. The van der Waals surface area contributed by atoms with Crippen molar-refractivity contribution in [3.05, 3.63) is 53.9 Å². The fraction of sp³-hybridized carbons (Fsp3) is 0.409. The van der Waals surface area contributed by atoms with Crippen molar-refractivity contribution < 1.29 is 9.21 Å². The van der Waals surface area contributed by atoms with Crippen LogP contribution in [0.2, 0.25) is 0 Å². The van der Waals surface area contributed by atoms with Gasteiger partial charge in [0, 0.05) is 63.9 Å². The molecule has 0 aromatic carbocycles. The molecule has 0 amide bonds. The average Bonchev–Trinajstić information content (AvgIpc) is 3.35. The summed E-state index contributed by atoms with van der Waals surface area (Å²) in [4.78, 5) is 35.6. The van der Waals surface area contributed by atoms with E-state index in [2.05, 4.69) is 25.1 Å². The zero-order valence-corrected chi connectivity index (χ0v) is 17.5. The minimum atomic E-state index is 0.0132. The van der Waals surface area contributed by atoms with Gasteiger partial charge in [-0.05, 0) is 25.1 Å². The van der Waals surface area contributed by atoms with E-state index < -0.39 is 0 Å². The molecule has 3 aromatic heterocycles. The predicted octanol–water partition coefficient (Wildman–Crippen LogP) is 2.53. The number of anilines is 3. The summed E-state index contributed by atoms with van der Waals surface area (Å²) in [6.07, 6.45) is 6.26. The third kappa shape index (κ3) is 3.83. The standard InChI is InChI=1S/C22H25N7O2/c1-2-23-20-19-16(13-15(14-17(19)30)18-5-3-12-31-18)26-22(27-20)29-10-8-28(9-11-29)21-24-6-4-7-25-21/h3-7,12,15H,2,8-11,13-14H2,1H3,(H,23,26,27). The maximum Gasteiger partial charge on any atom is 0.227 e.